The molecule has 0 spiro atoms. The lowest BCUT2D eigenvalue weighted by atomic mass is 10.2. The number of nitrogens with one attached hydrogen (secondary N) is 1. The first-order valence-electron chi connectivity index (χ1n) is 7.37. The molecule has 0 aliphatic rings. The Hall–Kier alpha value is -2.31. The summed E-state index contributed by atoms with van der Waals surface area (Å²) in [4.78, 5) is 13.4. The van der Waals surface area contributed by atoms with Crippen LogP contribution < -0.4 is 5.32 Å². The molecular formula is C15H20FN5O. The van der Waals surface area contributed by atoms with Gasteiger partial charge >= 0.3 is 0 Å². The largest absolute Gasteiger partial charge is 0.352 e. The van der Waals surface area contributed by atoms with E-state index < -0.39 is 6.04 Å². The summed E-state index contributed by atoms with van der Waals surface area (Å²) >= 11 is 0. The van der Waals surface area contributed by atoms with E-state index in [1.54, 1.807) is 19.1 Å². The molecule has 118 valence electrons. The molecule has 1 amide bonds. The molecule has 0 saturated heterocycles. The Morgan fingerprint density at radius 1 is 1.41 bits per heavy atom. The summed E-state index contributed by atoms with van der Waals surface area (Å²) in [5.74, 6) is -0.238. The van der Waals surface area contributed by atoms with Crippen LogP contribution in [0.2, 0.25) is 0 Å². The molecule has 1 aromatic heterocycles. The van der Waals surface area contributed by atoms with Gasteiger partial charge in [0.2, 0.25) is 11.7 Å². The Morgan fingerprint density at radius 2 is 2.18 bits per heavy atom. The highest BCUT2D eigenvalue weighted by molar-refractivity contribution is 5.79. The van der Waals surface area contributed by atoms with E-state index in [9.17, 15) is 9.18 Å². The highest BCUT2D eigenvalue weighted by Crippen LogP contribution is 2.15. The molecule has 0 saturated carbocycles. The summed E-state index contributed by atoms with van der Waals surface area (Å²) in [7, 11) is 0. The van der Waals surface area contributed by atoms with Gasteiger partial charge in [0.15, 0.2) is 0 Å². The van der Waals surface area contributed by atoms with Crippen LogP contribution in [-0.4, -0.2) is 32.2 Å². The first-order valence-corrected chi connectivity index (χ1v) is 7.37. The highest BCUT2D eigenvalue weighted by atomic mass is 19.1. The third-order valence-electron chi connectivity index (χ3n) is 3.35. The monoisotopic (exact) mass is 305 g/mol. The van der Waals surface area contributed by atoms with E-state index in [1.165, 1.54) is 16.9 Å². The van der Waals surface area contributed by atoms with Crippen molar-refractivity contribution in [2.75, 3.05) is 0 Å². The van der Waals surface area contributed by atoms with Crippen LogP contribution in [0.15, 0.2) is 24.3 Å². The van der Waals surface area contributed by atoms with Gasteiger partial charge in [-0.2, -0.15) is 4.80 Å². The molecule has 2 rings (SSSR count). The predicted molar refractivity (Wildman–Crippen MR) is 80.4 cm³/mol. The van der Waals surface area contributed by atoms with Crippen molar-refractivity contribution in [2.24, 2.45) is 0 Å². The number of halogens is 1. The van der Waals surface area contributed by atoms with Crippen LogP contribution >= 0.6 is 0 Å². The molecule has 22 heavy (non-hydrogen) atoms. The fourth-order valence-electron chi connectivity index (χ4n) is 2.11. The number of amides is 1. The summed E-state index contributed by atoms with van der Waals surface area (Å²) in [6.45, 7) is 5.72. The molecule has 1 N–H and O–H groups in total. The van der Waals surface area contributed by atoms with Gasteiger partial charge in [-0.3, -0.25) is 4.79 Å². The van der Waals surface area contributed by atoms with Crippen LogP contribution in [0, 0.1) is 5.82 Å². The summed E-state index contributed by atoms with van der Waals surface area (Å²) in [5, 5.41) is 14.8. The first kappa shape index (κ1) is 16.1. The van der Waals surface area contributed by atoms with Gasteiger partial charge in [-0.15, -0.1) is 10.2 Å². The van der Waals surface area contributed by atoms with Crippen molar-refractivity contribution in [3.8, 4) is 11.4 Å². The third-order valence-corrected chi connectivity index (χ3v) is 3.35. The Bertz CT molecular complexity index is 642. The molecule has 0 bridgehead atoms. The standard InChI is InChI=1S/C15H20FN5O/c1-4-6-10(2)17-15(22)11(3)21-19-14(18-20-21)12-7-5-8-13(16)9-12/h5,7-11H,4,6H2,1-3H3,(H,17,22)/t10-,11-/m0/s1. The molecule has 1 heterocycles. The van der Waals surface area contributed by atoms with Crippen LogP contribution in [0.1, 0.15) is 39.7 Å². The number of tetrazole rings is 1. The normalized spacial score (nSPS) is 13.6. The number of nitrogens with zero attached hydrogens (tertiary/aromatic N) is 4. The zero-order chi connectivity index (χ0) is 16.1. The molecule has 0 aliphatic heterocycles. The fourth-order valence-corrected chi connectivity index (χ4v) is 2.11. The number of rotatable bonds is 6. The molecule has 2 atom stereocenters. The van der Waals surface area contributed by atoms with E-state index in [2.05, 4.69) is 27.7 Å². The van der Waals surface area contributed by atoms with E-state index in [4.69, 9.17) is 0 Å². The van der Waals surface area contributed by atoms with E-state index in [0.29, 0.717) is 11.4 Å². The fraction of sp³-hybridized carbons (Fsp3) is 0.467. The maximum absolute atomic E-state index is 13.2. The van der Waals surface area contributed by atoms with Gasteiger partial charge in [0.1, 0.15) is 11.9 Å². The van der Waals surface area contributed by atoms with Crippen LogP contribution in [0.5, 0.6) is 0 Å². The molecule has 0 radical (unpaired) electrons. The topological polar surface area (TPSA) is 72.7 Å². The molecule has 0 unspecified atom stereocenters. The van der Waals surface area contributed by atoms with Crippen molar-refractivity contribution in [2.45, 2.75) is 45.7 Å². The summed E-state index contributed by atoms with van der Waals surface area (Å²) in [5.41, 5.74) is 0.526. The van der Waals surface area contributed by atoms with Crippen molar-refractivity contribution in [3.63, 3.8) is 0 Å². The summed E-state index contributed by atoms with van der Waals surface area (Å²) in [6.07, 6.45) is 1.92. The minimum absolute atomic E-state index is 0.103. The zero-order valence-corrected chi connectivity index (χ0v) is 13.0. The highest BCUT2D eigenvalue weighted by Gasteiger charge is 2.20. The second-order valence-electron chi connectivity index (χ2n) is 5.32. The number of aromatic nitrogens is 4. The second-order valence-corrected chi connectivity index (χ2v) is 5.32. The number of benzene rings is 1. The number of hydrogen-bond donors (Lipinski definition) is 1. The third kappa shape index (κ3) is 3.87. The molecule has 0 aliphatic carbocycles. The van der Waals surface area contributed by atoms with Crippen LogP contribution in [0.25, 0.3) is 11.4 Å². The Morgan fingerprint density at radius 3 is 2.86 bits per heavy atom. The Balaban J connectivity index is 2.09. The van der Waals surface area contributed by atoms with Gasteiger partial charge in [0.25, 0.3) is 0 Å². The summed E-state index contributed by atoms with van der Waals surface area (Å²) in [6, 6.07) is 5.47. The molecule has 0 fully saturated rings. The number of hydrogen-bond acceptors (Lipinski definition) is 4. The molecule has 6 nitrogen and oxygen atoms in total. The van der Waals surface area contributed by atoms with E-state index in [-0.39, 0.29) is 17.8 Å². The van der Waals surface area contributed by atoms with Gasteiger partial charge in [-0.1, -0.05) is 25.5 Å². The number of carbonyl (C=O) groups excluding carboxylic acids is 1. The number of carbonyl (C=O) groups is 1. The van der Waals surface area contributed by atoms with Crippen molar-refractivity contribution >= 4 is 5.91 Å². The maximum Gasteiger partial charge on any atom is 0.246 e. The van der Waals surface area contributed by atoms with Crippen LogP contribution in [-0.2, 0) is 4.79 Å². The zero-order valence-electron chi connectivity index (χ0n) is 13.0. The lowest BCUT2D eigenvalue weighted by Gasteiger charge is -2.15. The van der Waals surface area contributed by atoms with E-state index >= 15 is 0 Å². The summed E-state index contributed by atoms with van der Waals surface area (Å²) < 4.78 is 13.2. The van der Waals surface area contributed by atoms with Crippen molar-refractivity contribution in [1.29, 1.82) is 0 Å². The van der Waals surface area contributed by atoms with Crippen molar-refractivity contribution < 1.29 is 9.18 Å². The molecule has 2 aromatic rings. The van der Waals surface area contributed by atoms with Crippen LogP contribution in [0.4, 0.5) is 4.39 Å². The molecule has 1 aromatic carbocycles. The minimum atomic E-state index is -0.575. The van der Waals surface area contributed by atoms with Gasteiger partial charge < -0.3 is 5.32 Å². The lowest BCUT2D eigenvalue weighted by Crippen LogP contribution is -2.37. The van der Waals surface area contributed by atoms with Crippen molar-refractivity contribution in [1.82, 2.24) is 25.5 Å². The maximum atomic E-state index is 13.2. The van der Waals surface area contributed by atoms with Gasteiger partial charge in [-0.25, -0.2) is 4.39 Å². The Kier molecular flexibility index (Phi) is 5.19. The lowest BCUT2D eigenvalue weighted by molar-refractivity contribution is -0.125. The average Bonchev–Trinajstić information content (AvgIpc) is 2.96. The predicted octanol–water partition coefficient (Wildman–Crippen LogP) is 2.34. The second kappa shape index (κ2) is 7.11. The van der Waals surface area contributed by atoms with Gasteiger partial charge in [-0.05, 0) is 37.6 Å². The smallest absolute Gasteiger partial charge is 0.246 e. The first-order chi connectivity index (χ1) is 10.5. The van der Waals surface area contributed by atoms with Gasteiger partial charge in [0, 0.05) is 11.6 Å². The molecule has 7 heteroatoms. The molecular weight excluding hydrogens is 285 g/mol. The Labute approximate surface area is 128 Å². The van der Waals surface area contributed by atoms with Gasteiger partial charge in [0.05, 0.1) is 0 Å². The van der Waals surface area contributed by atoms with Crippen molar-refractivity contribution in [3.05, 3.63) is 30.1 Å². The quantitative estimate of drug-likeness (QED) is 0.889. The minimum Gasteiger partial charge on any atom is -0.352 e. The average molecular weight is 305 g/mol. The van der Waals surface area contributed by atoms with E-state index in [0.717, 1.165) is 12.8 Å². The van der Waals surface area contributed by atoms with Crippen LogP contribution in [0.3, 0.4) is 0 Å². The SMILES string of the molecule is CCC[C@H](C)NC(=O)[C@H](C)n1nnc(-c2cccc(F)c2)n1. The van der Waals surface area contributed by atoms with E-state index in [1.807, 2.05) is 6.92 Å².